The van der Waals surface area contributed by atoms with Gasteiger partial charge < -0.3 is 9.47 Å². The molecule has 3 aromatic carbocycles. The van der Waals surface area contributed by atoms with Gasteiger partial charge in [0, 0.05) is 0 Å². The Morgan fingerprint density at radius 1 is 0.679 bits per heavy atom. The summed E-state index contributed by atoms with van der Waals surface area (Å²) in [6, 6.07) is 26.3. The van der Waals surface area contributed by atoms with Crippen LogP contribution in [-0.2, 0) is 15.0 Å². The summed E-state index contributed by atoms with van der Waals surface area (Å²) in [5.41, 5.74) is -1.03. The van der Waals surface area contributed by atoms with E-state index >= 15 is 0 Å². The number of carbonyl (C=O) groups excluding carboxylic acids is 2. The van der Waals surface area contributed by atoms with Crippen LogP contribution in [0.1, 0.15) is 18.9 Å². The number of rotatable bonds is 6. The van der Waals surface area contributed by atoms with Gasteiger partial charge in [-0.1, -0.05) is 73.7 Å². The molecule has 0 spiro atoms. The minimum absolute atomic E-state index is 0. The van der Waals surface area contributed by atoms with Crippen LogP contribution in [0, 0.1) is 0 Å². The first kappa shape index (κ1) is 21.8. The van der Waals surface area contributed by atoms with Gasteiger partial charge in [-0.05, 0) is 36.2 Å². The predicted molar refractivity (Wildman–Crippen MR) is 111 cm³/mol. The van der Waals surface area contributed by atoms with Crippen molar-refractivity contribution in [1.82, 2.24) is 0 Å². The van der Waals surface area contributed by atoms with E-state index in [0.29, 0.717) is 17.1 Å². The zero-order chi connectivity index (χ0) is 19.1. The van der Waals surface area contributed by atoms with E-state index in [1.165, 1.54) is 0 Å². The zero-order valence-electron chi connectivity index (χ0n) is 15.7. The number of carbonyl (C=O) groups is 2. The fourth-order valence-corrected chi connectivity index (χ4v) is 2.90. The van der Waals surface area contributed by atoms with Crippen LogP contribution in [0.25, 0.3) is 0 Å². The molecule has 0 amide bonds. The Labute approximate surface area is 184 Å². The van der Waals surface area contributed by atoms with Gasteiger partial charge in [0.25, 0.3) is 0 Å². The monoisotopic (exact) mass is 570 g/mol. The van der Waals surface area contributed by atoms with E-state index in [9.17, 15) is 9.59 Å². The van der Waals surface area contributed by atoms with Crippen molar-refractivity contribution in [3.63, 3.8) is 0 Å². The van der Waals surface area contributed by atoms with Gasteiger partial charge in [-0.3, -0.25) is 9.59 Å². The standard InChI is InChI=1S/C23H20O4.Pb.2H/c1-2-23(18-12-6-3-7-13-18,21(24)26-19-14-8-4-9-15-19)22(25)27-20-16-10-5-11-17-20;;;/h3-17H,2H2,1H3;;;. The summed E-state index contributed by atoms with van der Waals surface area (Å²) in [5, 5.41) is 0. The van der Waals surface area contributed by atoms with Gasteiger partial charge in [-0.15, -0.1) is 0 Å². The average Bonchev–Trinajstić information content (AvgIpc) is 2.71. The molecule has 0 fully saturated rings. The molecule has 4 nitrogen and oxygen atoms in total. The molecule has 0 aliphatic carbocycles. The Balaban J connectivity index is 0.00000280. The summed E-state index contributed by atoms with van der Waals surface area (Å²) in [6.07, 6.45) is 0.203. The molecule has 28 heavy (non-hydrogen) atoms. The molecule has 0 saturated heterocycles. The summed E-state index contributed by atoms with van der Waals surface area (Å²) in [7, 11) is 0. The second-order valence-electron chi connectivity index (χ2n) is 6.03. The van der Waals surface area contributed by atoms with Crippen molar-refractivity contribution < 1.29 is 19.1 Å². The molecule has 2 radical (unpaired) electrons. The Bertz CT molecular complexity index is 842. The summed E-state index contributed by atoms with van der Waals surface area (Å²) in [4.78, 5) is 26.3. The third kappa shape index (κ3) is 4.67. The van der Waals surface area contributed by atoms with Crippen molar-refractivity contribution in [3.05, 3.63) is 96.6 Å². The Kier molecular flexibility index (Phi) is 7.93. The van der Waals surface area contributed by atoms with E-state index < -0.39 is 17.4 Å². The van der Waals surface area contributed by atoms with Gasteiger partial charge >= 0.3 is 39.2 Å². The first-order chi connectivity index (χ1) is 13.2. The first-order valence-electron chi connectivity index (χ1n) is 8.77. The van der Waals surface area contributed by atoms with Gasteiger partial charge in [0.2, 0.25) is 0 Å². The molecule has 0 unspecified atom stereocenters. The molecule has 0 atom stereocenters. The number of hydrogen-bond acceptors (Lipinski definition) is 4. The second kappa shape index (κ2) is 10.2. The molecular weight excluding hydrogens is 547 g/mol. The summed E-state index contributed by atoms with van der Waals surface area (Å²) < 4.78 is 11.1. The summed E-state index contributed by atoms with van der Waals surface area (Å²) in [5.74, 6) is -0.570. The van der Waals surface area contributed by atoms with E-state index in [4.69, 9.17) is 9.47 Å². The first-order valence-corrected chi connectivity index (χ1v) is 8.77. The molecule has 0 aromatic heterocycles. The molecule has 3 aromatic rings. The van der Waals surface area contributed by atoms with Crippen LogP contribution in [-0.4, -0.2) is 39.2 Å². The van der Waals surface area contributed by atoms with Gasteiger partial charge in [-0.2, -0.15) is 0 Å². The molecule has 0 saturated carbocycles. The van der Waals surface area contributed by atoms with Gasteiger partial charge in [-0.25, -0.2) is 0 Å². The van der Waals surface area contributed by atoms with Gasteiger partial charge in [0.05, 0.1) is 0 Å². The van der Waals surface area contributed by atoms with E-state index in [1.54, 1.807) is 79.7 Å². The van der Waals surface area contributed by atoms with Crippen LogP contribution in [0.5, 0.6) is 11.5 Å². The summed E-state index contributed by atoms with van der Waals surface area (Å²) >= 11 is 0. The second-order valence-corrected chi connectivity index (χ2v) is 6.03. The predicted octanol–water partition coefficient (Wildman–Crippen LogP) is 3.63. The maximum absolute atomic E-state index is 13.2. The van der Waals surface area contributed by atoms with Crippen LogP contribution in [0.15, 0.2) is 91.0 Å². The third-order valence-electron chi connectivity index (χ3n) is 4.40. The molecule has 3 rings (SSSR count). The van der Waals surface area contributed by atoms with Crippen LogP contribution < -0.4 is 9.47 Å². The molecule has 0 bridgehead atoms. The topological polar surface area (TPSA) is 52.6 Å². The van der Waals surface area contributed by atoms with Gasteiger partial charge in [0.15, 0.2) is 5.41 Å². The van der Waals surface area contributed by atoms with Crippen LogP contribution >= 0.6 is 0 Å². The molecular formula is C23H22O4Pb. The average molecular weight is 570 g/mol. The Hall–Kier alpha value is -2.48. The number of ether oxygens (including phenoxy) is 2. The molecule has 0 aliphatic heterocycles. The van der Waals surface area contributed by atoms with Crippen molar-refractivity contribution in [3.8, 4) is 11.5 Å². The van der Waals surface area contributed by atoms with E-state index in [0.717, 1.165) is 0 Å². The van der Waals surface area contributed by atoms with Crippen molar-refractivity contribution in [2.24, 2.45) is 0 Å². The summed E-state index contributed by atoms with van der Waals surface area (Å²) in [6.45, 7) is 1.77. The Morgan fingerprint density at radius 2 is 1.04 bits per heavy atom. The molecule has 0 N–H and O–H groups in total. The number of hydrogen-bond donors (Lipinski definition) is 0. The number of benzene rings is 3. The fraction of sp³-hybridized carbons (Fsp3) is 0.130. The quantitative estimate of drug-likeness (QED) is 0.197. The molecule has 5 heteroatoms. The molecule has 0 aliphatic rings. The van der Waals surface area contributed by atoms with Crippen LogP contribution in [0.2, 0.25) is 0 Å². The van der Waals surface area contributed by atoms with Crippen molar-refractivity contribution in [1.29, 1.82) is 0 Å². The SMILES string of the molecule is CCC(C(=O)Oc1ccccc1)(C(=O)Oc1ccccc1)c1ccccc1.[PbH2]. The minimum atomic E-state index is -1.56. The van der Waals surface area contributed by atoms with E-state index in [1.807, 2.05) is 18.2 Å². The normalized spacial score (nSPS) is 10.5. The van der Waals surface area contributed by atoms with E-state index in [-0.39, 0.29) is 33.7 Å². The van der Waals surface area contributed by atoms with Crippen molar-refractivity contribution in [2.75, 3.05) is 0 Å². The van der Waals surface area contributed by atoms with Crippen LogP contribution in [0.3, 0.4) is 0 Å². The van der Waals surface area contributed by atoms with E-state index in [2.05, 4.69) is 0 Å². The van der Waals surface area contributed by atoms with Crippen LogP contribution in [0.4, 0.5) is 0 Å². The zero-order valence-corrected chi connectivity index (χ0v) is 21.2. The fourth-order valence-electron chi connectivity index (χ4n) is 2.90. The van der Waals surface area contributed by atoms with Crippen molar-refractivity contribution in [2.45, 2.75) is 18.8 Å². The third-order valence-corrected chi connectivity index (χ3v) is 4.40. The number of esters is 2. The Morgan fingerprint density at radius 3 is 1.39 bits per heavy atom. The maximum atomic E-state index is 13.2. The molecule has 0 heterocycles. The molecule has 142 valence electrons. The van der Waals surface area contributed by atoms with Crippen molar-refractivity contribution >= 4 is 39.2 Å². The van der Waals surface area contributed by atoms with Gasteiger partial charge in [0.1, 0.15) is 11.5 Å². The number of para-hydroxylation sites is 2.